The van der Waals surface area contributed by atoms with E-state index in [-0.39, 0.29) is 17.9 Å². The standard InChI is InChI=1S/C15H22N4O2S/c1-21-15(20)11-2-3-12(8-11)18-13-9-14(17-10-16-13)19-4-6-22-7-5-19/h9-12H,2-8H2,1H3,(H,16,17,18)/t11-,12+/m0/s1. The number of carbonyl (C=O) groups is 1. The fourth-order valence-corrected chi connectivity index (χ4v) is 4.00. The molecule has 1 aromatic rings. The number of carbonyl (C=O) groups excluding carboxylic acids is 1. The first-order valence-corrected chi connectivity index (χ1v) is 8.91. The van der Waals surface area contributed by atoms with Gasteiger partial charge in [0.15, 0.2) is 0 Å². The van der Waals surface area contributed by atoms with Crippen molar-refractivity contribution in [3.05, 3.63) is 12.4 Å². The third-order valence-corrected chi connectivity index (χ3v) is 5.25. The molecule has 0 bridgehead atoms. The molecule has 0 amide bonds. The number of thioether (sulfide) groups is 1. The van der Waals surface area contributed by atoms with E-state index in [1.165, 1.54) is 7.11 Å². The molecule has 0 unspecified atom stereocenters. The molecular weight excluding hydrogens is 300 g/mol. The number of ether oxygens (including phenoxy) is 1. The number of esters is 1. The largest absolute Gasteiger partial charge is 0.469 e. The fraction of sp³-hybridized carbons (Fsp3) is 0.667. The van der Waals surface area contributed by atoms with E-state index in [4.69, 9.17) is 4.74 Å². The molecule has 0 aromatic carbocycles. The lowest BCUT2D eigenvalue weighted by molar-refractivity contribution is -0.145. The van der Waals surface area contributed by atoms with Gasteiger partial charge in [0, 0.05) is 36.7 Å². The topological polar surface area (TPSA) is 67.3 Å². The molecule has 0 radical (unpaired) electrons. The van der Waals surface area contributed by atoms with Crippen LogP contribution in [0.15, 0.2) is 12.4 Å². The molecule has 2 fully saturated rings. The van der Waals surface area contributed by atoms with E-state index in [1.807, 2.05) is 17.8 Å². The Balaban J connectivity index is 1.60. The highest BCUT2D eigenvalue weighted by Gasteiger charge is 2.30. The van der Waals surface area contributed by atoms with Crippen LogP contribution in [0.1, 0.15) is 19.3 Å². The average Bonchev–Trinajstić information content (AvgIpc) is 3.04. The molecule has 22 heavy (non-hydrogen) atoms. The van der Waals surface area contributed by atoms with Crippen LogP contribution in [0.5, 0.6) is 0 Å². The van der Waals surface area contributed by atoms with Crippen LogP contribution in [-0.2, 0) is 9.53 Å². The minimum absolute atomic E-state index is 0.0166. The molecule has 3 rings (SSSR count). The van der Waals surface area contributed by atoms with Crippen molar-refractivity contribution >= 4 is 29.4 Å². The highest BCUT2D eigenvalue weighted by molar-refractivity contribution is 7.99. The minimum Gasteiger partial charge on any atom is -0.469 e. The molecule has 2 aliphatic rings. The van der Waals surface area contributed by atoms with E-state index in [2.05, 4.69) is 20.2 Å². The van der Waals surface area contributed by atoms with Crippen LogP contribution in [0.3, 0.4) is 0 Å². The Kier molecular flexibility index (Phi) is 5.02. The van der Waals surface area contributed by atoms with Gasteiger partial charge in [0.05, 0.1) is 13.0 Å². The van der Waals surface area contributed by atoms with Crippen LogP contribution in [0.4, 0.5) is 11.6 Å². The van der Waals surface area contributed by atoms with Gasteiger partial charge in [0.2, 0.25) is 0 Å². The quantitative estimate of drug-likeness (QED) is 0.848. The van der Waals surface area contributed by atoms with Crippen molar-refractivity contribution in [1.82, 2.24) is 9.97 Å². The van der Waals surface area contributed by atoms with Crippen LogP contribution in [0.25, 0.3) is 0 Å². The predicted molar refractivity (Wildman–Crippen MR) is 88.3 cm³/mol. The van der Waals surface area contributed by atoms with Crippen molar-refractivity contribution in [3.63, 3.8) is 0 Å². The second kappa shape index (κ2) is 7.17. The smallest absolute Gasteiger partial charge is 0.308 e. The molecule has 120 valence electrons. The van der Waals surface area contributed by atoms with Gasteiger partial charge in [-0.1, -0.05) is 0 Å². The Morgan fingerprint density at radius 2 is 2.18 bits per heavy atom. The summed E-state index contributed by atoms with van der Waals surface area (Å²) in [5, 5.41) is 3.44. The van der Waals surface area contributed by atoms with Crippen molar-refractivity contribution in [2.75, 3.05) is 41.9 Å². The van der Waals surface area contributed by atoms with Gasteiger partial charge >= 0.3 is 5.97 Å². The van der Waals surface area contributed by atoms with E-state index in [0.717, 1.165) is 55.5 Å². The molecule has 7 heteroatoms. The van der Waals surface area contributed by atoms with Gasteiger partial charge in [-0.05, 0) is 19.3 Å². The number of aromatic nitrogens is 2. The lowest BCUT2D eigenvalue weighted by atomic mass is 10.1. The molecule has 1 aliphatic carbocycles. The van der Waals surface area contributed by atoms with Gasteiger partial charge in [-0.2, -0.15) is 11.8 Å². The third kappa shape index (κ3) is 3.63. The minimum atomic E-state index is -0.0986. The van der Waals surface area contributed by atoms with Crippen molar-refractivity contribution < 1.29 is 9.53 Å². The molecule has 1 saturated heterocycles. The van der Waals surface area contributed by atoms with Gasteiger partial charge < -0.3 is 15.0 Å². The van der Waals surface area contributed by atoms with E-state index in [0.29, 0.717) is 0 Å². The van der Waals surface area contributed by atoms with E-state index < -0.39 is 0 Å². The maximum atomic E-state index is 11.6. The lowest BCUT2D eigenvalue weighted by Gasteiger charge is -2.27. The van der Waals surface area contributed by atoms with Crippen LogP contribution in [-0.4, -0.2) is 53.7 Å². The maximum absolute atomic E-state index is 11.6. The average molecular weight is 322 g/mol. The molecule has 1 saturated carbocycles. The second-order valence-corrected chi connectivity index (χ2v) is 6.96. The molecule has 1 aromatic heterocycles. The summed E-state index contributed by atoms with van der Waals surface area (Å²) in [5.74, 6) is 4.05. The van der Waals surface area contributed by atoms with Gasteiger partial charge in [0.1, 0.15) is 18.0 Å². The maximum Gasteiger partial charge on any atom is 0.308 e. The fourth-order valence-electron chi connectivity index (χ4n) is 3.09. The van der Waals surface area contributed by atoms with Crippen LogP contribution in [0, 0.1) is 5.92 Å². The molecule has 1 aliphatic heterocycles. The van der Waals surface area contributed by atoms with Crippen molar-refractivity contribution in [2.45, 2.75) is 25.3 Å². The highest BCUT2D eigenvalue weighted by Crippen LogP contribution is 2.29. The van der Waals surface area contributed by atoms with Gasteiger partial charge in [-0.25, -0.2) is 9.97 Å². The number of hydrogen-bond donors (Lipinski definition) is 1. The van der Waals surface area contributed by atoms with E-state index in [9.17, 15) is 4.79 Å². The number of rotatable bonds is 4. The molecule has 1 N–H and O–H groups in total. The predicted octanol–water partition coefficient (Wildman–Crippen LogP) is 1.78. The molecule has 2 atom stereocenters. The summed E-state index contributed by atoms with van der Waals surface area (Å²) in [4.78, 5) is 22.6. The Morgan fingerprint density at radius 1 is 1.36 bits per heavy atom. The number of hydrogen-bond acceptors (Lipinski definition) is 7. The lowest BCUT2D eigenvalue weighted by Crippen LogP contribution is -2.33. The summed E-state index contributed by atoms with van der Waals surface area (Å²) >= 11 is 1.98. The first-order valence-electron chi connectivity index (χ1n) is 7.75. The summed E-state index contributed by atoms with van der Waals surface area (Å²) in [6.07, 6.45) is 4.28. The Hall–Kier alpha value is -1.50. The van der Waals surface area contributed by atoms with Crippen LogP contribution in [0.2, 0.25) is 0 Å². The normalized spacial score (nSPS) is 25.0. The van der Waals surface area contributed by atoms with E-state index >= 15 is 0 Å². The Morgan fingerprint density at radius 3 is 2.95 bits per heavy atom. The highest BCUT2D eigenvalue weighted by atomic mass is 32.2. The van der Waals surface area contributed by atoms with Gasteiger partial charge in [-0.3, -0.25) is 4.79 Å². The number of nitrogens with zero attached hydrogens (tertiary/aromatic N) is 3. The second-order valence-electron chi connectivity index (χ2n) is 5.74. The number of methoxy groups -OCH3 is 1. The van der Waals surface area contributed by atoms with Gasteiger partial charge in [0.25, 0.3) is 0 Å². The molecular formula is C15H22N4O2S. The van der Waals surface area contributed by atoms with Gasteiger partial charge in [-0.15, -0.1) is 0 Å². The first kappa shape index (κ1) is 15.4. The molecule has 2 heterocycles. The zero-order valence-electron chi connectivity index (χ0n) is 12.8. The number of anilines is 2. The molecule has 0 spiro atoms. The number of nitrogens with one attached hydrogen (secondary N) is 1. The summed E-state index contributed by atoms with van der Waals surface area (Å²) in [6.45, 7) is 2.07. The SMILES string of the molecule is COC(=O)[C@H]1CC[C@@H](Nc2cc(N3CCSCC3)ncn2)C1. The van der Waals surface area contributed by atoms with Crippen molar-refractivity contribution in [3.8, 4) is 0 Å². The van der Waals surface area contributed by atoms with Crippen molar-refractivity contribution in [1.29, 1.82) is 0 Å². The monoisotopic (exact) mass is 322 g/mol. The molecule has 6 nitrogen and oxygen atoms in total. The summed E-state index contributed by atoms with van der Waals surface area (Å²) in [7, 11) is 1.46. The summed E-state index contributed by atoms with van der Waals surface area (Å²) in [6, 6.07) is 2.30. The Labute approximate surface area is 135 Å². The third-order valence-electron chi connectivity index (χ3n) is 4.31. The summed E-state index contributed by atoms with van der Waals surface area (Å²) < 4.78 is 4.83. The van der Waals surface area contributed by atoms with Crippen LogP contribution < -0.4 is 10.2 Å². The zero-order valence-corrected chi connectivity index (χ0v) is 13.6. The Bertz CT molecular complexity index is 522. The van der Waals surface area contributed by atoms with Crippen molar-refractivity contribution in [2.24, 2.45) is 5.92 Å². The summed E-state index contributed by atoms with van der Waals surface area (Å²) in [5.41, 5.74) is 0. The van der Waals surface area contributed by atoms with Crippen LogP contribution >= 0.6 is 11.8 Å². The first-order chi connectivity index (χ1) is 10.8. The van der Waals surface area contributed by atoms with E-state index in [1.54, 1.807) is 6.33 Å². The zero-order chi connectivity index (χ0) is 15.4.